The first kappa shape index (κ1) is 25.6. The number of ketones is 1. The van der Waals surface area contributed by atoms with Crippen molar-refractivity contribution in [2.75, 3.05) is 13.1 Å². The monoisotopic (exact) mass is 534 g/mol. The zero-order valence-electron chi connectivity index (χ0n) is 19.1. The summed E-state index contributed by atoms with van der Waals surface area (Å²) in [7, 11) is 0. The van der Waals surface area contributed by atoms with E-state index in [9.17, 15) is 27.6 Å². The number of hydrogen-bond donors (Lipinski definition) is 1. The molecule has 0 spiro atoms. The van der Waals surface area contributed by atoms with E-state index in [1.807, 2.05) is 5.32 Å². The summed E-state index contributed by atoms with van der Waals surface area (Å²) >= 11 is 12.0. The summed E-state index contributed by atoms with van der Waals surface area (Å²) in [6.45, 7) is 5.42. The molecule has 1 aromatic heterocycles. The molecule has 1 atom stereocenters. The number of nitrogens with zero attached hydrogens (tertiary/aromatic N) is 3. The molecule has 0 saturated carbocycles. The van der Waals surface area contributed by atoms with E-state index in [0.717, 1.165) is 0 Å². The normalized spacial score (nSPS) is 21.4. The number of imidazole rings is 1. The quantitative estimate of drug-likeness (QED) is 0.614. The number of rotatable bonds is 2. The highest BCUT2D eigenvalue weighted by atomic mass is 35.5. The molecular weight excluding hydrogens is 512 g/mol. The van der Waals surface area contributed by atoms with Crippen LogP contribution in [0, 0.1) is 5.92 Å². The van der Waals surface area contributed by atoms with Crippen LogP contribution in [-0.4, -0.2) is 57.1 Å². The standard InChI is InChI=1S/C22H23Cl2F3N4O4/c1-20(2,3)35-19(34)30-6-4-11(5-7-30)18(33)29-21(22(25,26)27)16(32)10-17-28-14-8-12(23)13(24)9-15(14)31(17)21/h8-9,11H,4-7,10H2,1-3H3,(H,29,33). The maximum atomic E-state index is 14.6. The van der Waals surface area contributed by atoms with E-state index in [1.165, 1.54) is 17.0 Å². The Kier molecular flexibility index (Phi) is 6.24. The van der Waals surface area contributed by atoms with Crippen molar-refractivity contribution in [3.63, 3.8) is 0 Å². The van der Waals surface area contributed by atoms with Crippen LogP contribution in [0.4, 0.5) is 18.0 Å². The first-order valence-electron chi connectivity index (χ1n) is 10.9. The maximum absolute atomic E-state index is 14.6. The van der Waals surface area contributed by atoms with Crippen molar-refractivity contribution < 1.29 is 32.3 Å². The third kappa shape index (κ3) is 4.44. The summed E-state index contributed by atoms with van der Waals surface area (Å²) in [5, 5.41) is 2.08. The Morgan fingerprint density at radius 3 is 2.31 bits per heavy atom. The van der Waals surface area contributed by atoms with Crippen LogP contribution >= 0.6 is 23.2 Å². The van der Waals surface area contributed by atoms with Crippen molar-refractivity contribution in [1.29, 1.82) is 0 Å². The second kappa shape index (κ2) is 8.55. The Morgan fingerprint density at radius 1 is 1.14 bits per heavy atom. The third-order valence-corrected chi connectivity index (χ3v) is 6.78. The summed E-state index contributed by atoms with van der Waals surface area (Å²) in [5.41, 5.74) is -3.98. The minimum Gasteiger partial charge on any atom is -0.444 e. The predicted molar refractivity (Wildman–Crippen MR) is 121 cm³/mol. The zero-order valence-corrected chi connectivity index (χ0v) is 20.6. The number of likely N-dealkylation sites (tertiary alicyclic amines) is 1. The number of alkyl halides is 3. The second-order valence-corrected chi connectivity index (χ2v) is 10.5. The average molecular weight is 535 g/mol. The average Bonchev–Trinajstić information content (AvgIpc) is 3.20. The van der Waals surface area contributed by atoms with Crippen LogP contribution < -0.4 is 5.32 Å². The van der Waals surface area contributed by atoms with Crippen molar-refractivity contribution in [2.24, 2.45) is 5.92 Å². The highest BCUT2D eigenvalue weighted by molar-refractivity contribution is 6.42. The lowest BCUT2D eigenvalue weighted by Gasteiger charge is -2.37. The molecule has 0 bridgehead atoms. The molecular formula is C22H23Cl2F3N4O4. The number of benzene rings is 1. The number of piperidine rings is 1. The molecule has 4 rings (SSSR count). The van der Waals surface area contributed by atoms with Crippen LogP contribution in [0.5, 0.6) is 0 Å². The molecule has 1 fully saturated rings. The lowest BCUT2D eigenvalue weighted by atomic mass is 9.94. The van der Waals surface area contributed by atoms with Crippen molar-refractivity contribution in [3.8, 4) is 0 Å². The predicted octanol–water partition coefficient (Wildman–Crippen LogP) is 4.45. The number of nitrogens with one attached hydrogen (secondary N) is 1. The molecule has 3 heterocycles. The number of carbonyl (C=O) groups is 3. The fraction of sp³-hybridized carbons (Fsp3) is 0.545. The highest BCUT2D eigenvalue weighted by Gasteiger charge is 2.67. The molecule has 13 heteroatoms. The topological polar surface area (TPSA) is 93.5 Å². The first-order chi connectivity index (χ1) is 16.1. The van der Waals surface area contributed by atoms with Crippen molar-refractivity contribution in [2.45, 2.75) is 57.5 Å². The van der Waals surface area contributed by atoms with E-state index >= 15 is 0 Å². The Balaban J connectivity index is 1.61. The van der Waals surface area contributed by atoms with Crippen LogP contribution in [-0.2, 0) is 26.4 Å². The van der Waals surface area contributed by atoms with Gasteiger partial charge >= 0.3 is 12.3 Å². The summed E-state index contributed by atoms with van der Waals surface area (Å²) in [6.07, 6.45) is -6.11. The fourth-order valence-corrected chi connectivity index (χ4v) is 4.74. The van der Waals surface area contributed by atoms with Gasteiger partial charge in [0.15, 0.2) is 5.78 Å². The third-order valence-electron chi connectivity index (χ3n) is 6.06. The minimum atomic E-state index is -5.16. The lowest BCUT2D eigenvalue weighted by Crippen LogP contribution is -2.64. The maximum Gasteiger partial charge on any atom is 0.438 e. The van der Waals surface area contributed by atoms with Crippen LogP contribution in [0.25, 0.3) is 11.0 Å². The van der Waals surface area contributed by atoms with E-state index in [0.29, 0.717) is 4.57 Å². The van der Waals surface area contributed by atoms with Gasteiger partial charge in [0, 0.05) is 19.0 Å². The van der Waals surface area contributed by atoms with E-state index in [4.69, 9.17) is 27.9 Å². The summed E-state index contributed by atoms with van der Waals surface area (Å²) < 4.78 is 49.7. The molecule has 2 aliphatic rings. The fourth-order valence-electron chi connectivity index (χ4n) is 4.42. The molecule has 1 unspecified atom stereocenters. The van der Waals surface area contributed by atoms with Gasteiger partial charge in [0.05, 0.1) is 27.5 Å². The molecule has 8 nitrogen and oxygen atoms in total. The van der Waals surface area contributed by atoms with E-state index in [-0.39, 0.29) is 52.8 Å². The molecule has 0 aliphatic carbocycles. The molecule has 2 amide bonds. The van der Waals surface area contributed by atoms with Gasteiger partial charge in [-0.15, -0.1) is 0 Å². The molecule has 35 heavy (non-hydrogen) atoms. The van der Waals surface area contributed by atoms with Gasteiger partial charge in [0.2, 0.25) is 5.91 Å². The second-order valence-electron chi connectivity index (χ2n) is 9.66. The van der Waals surface area contributed by atoms with Gasteiger partial charge in [-0.1, -0.05) is 23.2 Å². The molecule has 190 valence electrons. The Bertz CT molecular complexity index is 1220. The molecule has 0 radical (unpaired) electrons. The largest absolute Gasteiger partial charge is 0.444 e. The number of fused-ring (bicyclic) bond motifs is 3. The van der Waals surface area contributed by atoms with Gasteiger partial charge in [0.1, 0.15) is 11.4 Å². The van der Waals surface area contributed by atoms with Gasteiger partial charge < -0.3 is 15.0 Å². The Morgan fingerprint density at radius 2 is 1.74 bits per heavy atom. The van der Waals surface area contributed by atoms with Crippen molar-refractivity contribution in [3.05, 3.63) is 28.0 Å². The van der Waals surface area contributed by atoms with Crippen molar-refractivity contribution >= 4 is 52.0 Å². The summed E-state index contributed by atoms with van der Waals surface area (Å²) in [4.78, 5) is 43.7. The number of carbonyl (C=O) groups excluding carboxylic acids is 3. The molecule has 1 N–H and O–H groups in total. The molecule has 1 aromatic carbocycles. The van der Waals surface area contributed by atoms with Gasteiger partial charge in [0.25, 0.3) is 5.66 Å². The van der Waals surface area contributed by atoms with Crippen LogP contribution in [0.1, 0.15) is 39.4 Å². The SMILES string of the molecule is CC(C)(C)OC(=O)N1CCC(C(=O)NC2(C(F)(F)F)C(=O)Cc3nc4cc(Cl)c(Cl)cc4n32)CC1. The minimum absolute atomic E-state index is 0.0156. The van der Waals surface area contributed by atoms with Gasteiger partial charge in [-0.25, -0.2) is 9.78 Å². The van der Waals surface area contributed by atoms with Crippen LogP contribution in [0.2, 0.25) is 10.0 Å². The molecule has 1 saturated heterocycles. The smallest absolute Gasteiger partial charge is 0.438 e. The number of hydrogen-bond acceptors (Lipinski definition) is 5. The zero-order chi connectivity index (χ0) is 25.9. The van der Waals surface area contributed by atoms with Gasteiger partial charge in [-0.2, -0.15) is 13.2 Å². The Hall–Kier alpha value is -2.53. The Labute approximate surface area is 208 Å². The van der Waals surface area contributed by atoms with Crippen molar-refractivity contribution in [1.82, 2.24) is 19.8 Å². The summed E-state index contributed by atoms with van der Waals surface area (Å²) in [5.74, 6) is -3.17. The van der Waals surface area contributed by atoms with Gasteiger partial charge in [-0.3, -0.25) is 14.2 Å². The number of ether oxygens (including phenoxy) is 1. The lowest BCUT2D eigenvalue weighted by molar-refractivity contribution is -0.219. The highest BCUT2D eigenvalue weighted by Crippen LogP contribution is 2.44. The molecule has 2 aromatic rings. The van der Waals surface area contributed by atoms with E-state index in [2.05, 4.69) is 4.98 Å². The number of aromatic nitrogens is 2. The molecule has 2 aliphatic heterocycles. The van der Waals surface area contributed by atoms with E-state index in [1.54, 1.807) is 20.8 Å². The van der Waals surface area contributed by atoms with Crippen LogP contribution in [0.3, 0.4) is 0 Å². The number of Topliss-reactive ketones (excluding diaryl/α,β-unsaturated/α-hetero) is 1. The summed E-state index contributed by atoms with van der Waals surface area (Å²) in [6, 6.07) is 2.50. The van der Waals surface area contributed by atoms with E-state index < -0.39 is 47.6 Å². The number of halogens is 5. The first-order valence-corrected chi connectivity index (χ1v) is 11.7. The van der Waals surface area contributed by atoms with Gasteiger partial charge in [-0.05, 0) is 45.7 Å². The number of amides is 2. The van der Waals surface area contributed by atoms with Crippen LogP contribution in [0.15, 0.2) is 12.1 Å².